The van der Waals surface area contributed by atoms with E-state index in [1.807, 2.05) is 0 Å². The van der Waals surface area contributed by atoms with E-state index >= 15 is 0 Å². The Morgan fingerprint density at radius 1 is 1.12 bits per heavy atom. The average molecular weight is 346 g/mol. The van der Waals surface area contributed by atoms with E-state index in [4.69, 9.17) is 16.3 Å². The van der Waals surface area contributed by atoms with Crippen molar-refractivity contribution in [3.8, 4) is 5.75 Å². The van der Waals surface area contributed by atoms with Crippen LogP contribution in [0.2, 0.25) is 5.02 Å². The van der Waals surface area contributed by atoms with Crippen LogP contribution >= 0.6 is 11.6 Å². The third-order valence-electron chi connectivity index (χ3n) is 3.09. The van der Waals surface area contributed by atoms with Crippen LogP contribution in [0.4, 0.5) is 0 Å². The normalized spacial score (nSPS) is 10.4. The number of ether oxygens (including phenoxy) is 1. The molecule has 2 amide bonds. The number of benzene rings is 2. The van der Waals surface area contributed by atoms with Crippen LogP contribution < -0.4 is 15.5 Å². The van der Waals surface area contributed by atoms with Gasteiger partial charge in [0.05, 0.1) is 13.3 Å². The lowest BCUT2D eigenvalue weighted by Gasteiger charge is -2.05. The van der Waals surface area contributed by atoms with Crippen molar-refractivity contribution < 1.29 is 14.3 Å². The van der Waals surface area contributed by atoms with Crippen LogP contribution in [0.5, 0.6) is 5.75 Å². The number of hydrogen-bond acceptors (Lipinski definition) is 4. The Balaban J connectivity index is 1.81. The van der Waals surface area contributed by atoms with Crippen molar-refractivity contribution >= 4 is 29.6 Å². The summed E-state index contributed by atoms with van der Waals surface area (Å²) in [6.07, 6.45) is 1.37. The standard InChI is InChI=1S/C17H16ClN3O3/c1-24-14-8-6-12(7-9-14)10-19-16(22)17(23)21-20-11-13-4-2-3-5-15(13)18/h2-9,11H,10H2,1H3,(H,19,22)(H,21,23). The molecule has 2 aromatic rings. The van der Waals surface area contributed by atoms with Gasteiger partial charge >= 0.3 is 11.8 Å². The minimum absolute atomic E-state index is 0.227. The van der Waals surface area contributed by atoms with Crippen LogP contribution in [0.3, 0.4) is 0 Å². The highest BCUT2D eigenvalue weighted by Gasteiger charge is 2.11. The van der Waals surface area contributed by atoms with Gasteiger partial charge in [-0.05, 0) is 23.8 Å². The average Bonchev–Trinajstić information content (AvgIpc) is 2.61. The van der Waals surface area contributed by atoms with Crippen molar-refractivity contribution in [3.63, 3.8) is 0 Å². The number of carbonyl (C=O) groups is 2. The third kappa shape index (κ3) is 5.10. The zero-order valence-corrected chi connectivity index (χ0v) is 13.7. The molecule has 0 spiro atoms. The molecular formula is C17H16ClN3O3. The minimum Gasteiger partial charge on any atom is -0.497 e. The Kier molecular flexibility index (Phi) is 6.33. The number of nitrogens with zero attached hydrogens (tertiary/aromatic N) is 1. The van der Waals surface area contributed by atoms with Crippen LogP contribution in [-0.4, -0.2) is 25.1 Å². The van der Waals surface area contributed by atoms with Gasteiger partial charge in [0.25, 0.3) is 0 Å². The Bertz CT molecular complexity index is 745. The molecule has 0 aliphatic heterocycles. The number of carbonyl (C=O) groups excluding carboxylic acids is 2. The monoisotopic (exact) mass is 345 g/mol. The molecule has 0 atom stereocenters. The molecule has 0 unspecified atom stereocenters. The first-order chi connectivity index (χ1) is 11.6. The zero-order valence-electron chi connectivity index (χ0n) is 13.0. The number of rotatable bonds is 5. The van der Waals surface area contributed by atoms with Gasteiger partial charge in [0.2, 0.25) is 0 Å². The molecule has 0 saturated heterocycles. The number of methoxy groups -OCH3 is 1. The summed E-state index contributed by atoms with van der Waals surface area (Å²) in [4.78, 5) is 23.4. The summed E-state index contributed by atoms with van der Waals surface area (Å²) < 4.78 is 5.05. The van der Waals surface area contributed by atoms with Gasteiger partial charge in [-0.3, -0.25) is 9.59 Å². The van der Waals surface area contributed by atoms with E-state index in [0.29, 0.717) is 10.6 Å². The molecule has 0 bridgehead atoms. The number of nitrogens with one attached hydrogen (secondary N) is 2. The SMILES string of the molecule is COc1ccc(CNC(=O)C(=O)NN=Cc2ccccc2Cl)cc1. The van der Waals surface area contributed by atoms with Crippen molar-refractivity contribution in [2.24, 2.45) is 5.10 Å². The Morgan fingerprint density at radius 2 is 1.83 bits per heavy atom. The lowest BCUT2D eigenvalue weighted by Crippen LogP contribution is -2.37. The van der Waals surface area contributed by atoms with Crippen molar-refractivity contribution in [2.45, 2.75) is 6.54 Å². The molecule has 0 fully saturated rings. The molecule has 124 valence electrons. The number of amides is 2. The Hall–Kier alpha value is -2.86. The minimum atomic E-state index is -0.855. The maximum absolute atomic E-state index is 11.7. The van der Waals surface area contributed by atoms with E-state index < -0.39 is 11.8 Å². The maximum atomic E-state index is 11.7. The molecule has 2 N–H and O–H groups in total. The fourth-order valence-electron chi connectivity index (χ4n) is 1.80. The largest absolute Gasteiger partial charge is 0.497 e. The highest BCUT2D eigenvalue weighted by molar-refractivity contribution is 6.35. The molecule has 0 heterocycles. The van der Waals surface area contributed by atoms with E-state index in [1.165, 1.54) is 6.21 Å². The molecule has 0 radical (unpaired) electrons. The van der Waals surface area contributed by atoms with Crippen molar-refractivity contribution in [3.05, 3.63) is 64.7 Å². The highest BCUT2D eigenvalue weighted by Crippen LogP contribution is 2.12. The molecule has 0 saturated carbocycles. The van der Waals surface area contributed by atoms with Gasteiger partial charge in [0, 0.05) is 17.1 Å². The summed E-state index contributed by atoms with van der Waals surface area (Å²) in [5, 5.41) is 6.72. The van der Waals surface area contributed by atoms with Gasteiger partial charge in [-0.15, -0.1) is 0 Å². The molecule has 2 rings (SSSR count). The van der Waals surface area contributed by atoms with Crippen LogP contribution in [0.25, 0.3) is 0 Å². The molecule has 0 aromatic heterocycles. The van der Waals surface area contributed by atoms with Crippen molar-refractivity contribution in [1.29, 1.82) is 0 Å². The predicted molar refractivity (Wildman–Crippen MR) is 92.0 cm³/mol. The van der Waals surface area contributed by atoms with Gasteiger partial charge < -0.3 is 10.1 Å². The third-order valence-corrected chi connectivity index (χ3v) is 3.44. The van der Waals surface area contributed by atoms with Crippen LogP contribution in [0.1, 0.15) is 11.1 Å². The number of halogens is 1. The first kappa shape index (κ1) is 17.5. The Labute approximate surface area is 144 Å². The van der Waals surface area contributed by atoms with E-state index in [-0.39, 0.29) is 6.54 Å². The lowest BCUT2D eigenvalue weighted by molar-refractivity contribution is -0.139. The second-order valence-electron chi connectivity index (χ2n) is 4.75. The summed E-state index contributed by atoms with van der Waals surface area (Å²) in [5.74, 6) is -0.911. The summed E-state index contributed by atoms with van der Waals surface area (Å²) in [5.41, 5.74) is 3.63. The quantitative estimate of drug-likeness (QED) is 0.495. The topological polar surface area (TPSA) is 79.8 Å². The molecule has 6 nitrogen and oxygen atoms in total. The summed E-state index contributed by atoms with van der Waals surface area (Å²) in [7, 11) is 1.57. The summed E-state index contributed by atoms with van der Waals surface area (Å²) in [6.45, 7) is 0.227. The van der Waals surface area contributed by atoms with Gasteiger partial charge in [-0.2, -0.15) is 5.10 Å². The van der Waals surface area contributed by atoms with E-state index in [9.17, 15) is 9.59 Å². The fourth-order valence-corrected chi connectivity index (χ4v) is 1.98. The molecule has 7 heteroatoms. The van der Waals surface area contributed by atoms with Crippen LogP contribution in [-0.2, 0) is 16.1 Å². The number of hydrazone groups is 1. The van der Waals surface area contributed by atoms with E-state index in [2.05, 4.69) is 15.8 Å². The fraction of sp³-hybridized carbons (Fsp3) is 0.118. The van der Waals surface area contributed by atoms with Gasteiger partial charge in [0.15, 0.2) is 0 Å². The highest BCUT2D eigenvalue weighted by atomic mass is 35.5. The number of hydrogen-bond donors (Lipinski definition) is 2. The first-order valence-corrected chi connectivity index (χ1v) is 7.46. The molecule has 2 aromatic carbocycles. The lowest BCUT2D eigenvalue weighted by atomic mass is 10.2. The molecular weight excluding hydrogens is 330 g/mol. The van der Waals surface area contributed by atoms with Gasteiger partial charge in [-0.1, -0.05) is 41.9 Å². The van der Waals surface area contributed by atoms with Crippen molar-refractivity contribution in [1.82, 2.24) is 10.7 Å². The van der Waals surface area contributed by atoms with Crippen molar-refractivity contribution in [2.75, 3.05) is 7.11 Å². The van der Waals surface area contributed by atoms with Gasteiger partial charge in [-0.25, -0.2) is 5.43 Å². The molecule has 0 aliphatic rings. The van der Waals surface area contributed by atoms with Gasteiger partial charge in [0.1, 0.15) is 5.75 Å². The summed E-state index contributed by atoms with van der Waals surface area (Å²) in [6, 6.07) is 14.2. The zero-order chi connectivity index (χ0) is 17.4. The Morgan fingerprint density at radius 3 is 2.50 bits per heavy atom. The molecule has 0 aliphatic carbocycles. The second-order valence-corrected chi connectivity index (χ2v) is 5.16. The van der Waals surface area contributed by atoms with E-state index in [1.54, 1.807) is 55.6 Å². The maximum Gasteiger partial charge on any atom is 0.329 e. The summed E-state index contributed by atoms with van der Waals surface area (Å²) >= 11 is 5.95. The molecule has 24 heavy (non-hydrogen) atoms. The van der Waals surface area contributed by atoms with Crippen LogP contribution in [0.15, 0.2) is 53.6 Å². The first-order valence-electron chi connectivity index (χ1n) is 7.09. The smallest absolute Gasteiger partial charge is 0.329 e. The van der Waals surface area contributed by atoms with Crippen LogP contribution in [0, 0.1) is 0 Å². The van der Waals surface area contributed by atoms with E-state index in [0.717, 1.165) is 11.3 Å². The predicted octanol–water partition coefficient (Wildman–Crippen LogP) is 2.12. The second kappa shape index (κ2) is 8.69.